The molecule has 7 nitrogen and oxygen atoms in total. The van der Waals surface area contributed by atoms with E-state index in [1.807, 2.05) is 73.7 Å². The zero-order valence-corrected chi connectivity index (χ0v) is 20.6. The molecule has 3 aromatic carbocycles. The minimum atomic E-state index is -0.194. The minimum Gasteiger partial charge on any atom is -0.497 e. The molecule has 0 atom stereocenters. The van der Waals surface area contributed by atoms with Crippen LogP contribution in [0.4, 0.5) is 5.69 Å². The van der Waals surface area contributed by atoms with Gasteiger partial charge in [-0.1, -0.05) is 48.9 Å². The number of hydrogen-bond donors (Lipinski definition) is 1. The lowest BCUT2D eigenvalue weighted by Gasteiger charge is -2.12. The number of rotatable bonds is 7. The Bertz CT molecular complexity index is 1630. The molecule has 182 valence electrons. The third-order valence-corrected chi connectivity index (χ3v) is 6.47. The lowest BCUT2D eigenvalue weighted by molar-refractivity contribution is -0.116. The summed E-state index contributed by atoms with van der Waals surface area (Å²) in [6.45, 7) is 4.42. The van der Waals surface area contributed by atoms with Crippen LogP contribution in [0.5, 0.6) is 5.75 Å². The van der Waals surface area contributed by atoms with Crippen LogP contribution in [0, 0.1) is 6.92 Å². The molecule has 0 saturated heterocycles. The van der Waals surface area contributed by atoms with Crippen molar-refractivity contribution in [2.75, 3.05) is 12.4 Å². The lowest BCUT2D eigenvalue weighted by atomic mass is 10.1. The molecule has 0 fully saturated rings. The van der Waals surface area contributed by atoms with Crippen LogP contribution < -0.4 is 15.6 Å². The molecule has 2 aromatic heterocycles. The first-order valence-electron chi connectivity index (χ1n) is 12.0. The van der Waals surface area contributed by atoms with Gasteiger partial charge in [-0.05, 0) is 54.8 Å². The summed E-state index contributed by atoms with van der Waals surface area (Å²) < 4.78 is 8.60. The number of aryl methyl sites for hydroxylation is 2. The molecule has 0 spiro atoms. The second-order valence-electron chi connectivity index (χ2n) is 8.89. The quantitative estimate of drug-likeness (QED) is 0.359. The van der Waals surface area contributed by atoms with E-state index in [2.05, 4.69) is 17.2 Å². The van der Waals surface area contributed by atoms with Crippen LogP contribution in [-0.4, -0.2) is 27.1 Å². The van der Waals surface area contributed by atoms with Gasteiger partial charge in [0, 0.05) is 11.1 Å². The van der Waals surface area contributed by atoms with Gasteiger partial charge in [-0.3, -0.25) is 14.2 Å². The van der Waals surface area contributed by atoms with Crippen LogP contribution in [0.15, 0.2) is 77.9 Å². The highest BCUT2D eigenvalue weighted by Crippen LogP contribution is 2.27. The molecule has 5 rings (SSSR count). The van der Waals surface area contributed by atoms with Crippen LogP contribution in [0.25, 0.3) is 21.9 Å². The van der Waals surface area contributed by atoms with Gasteiger partial charge in [-0.25, -0.2) is 4.98 Å². The van der Waals surface area contributed by atoms with Gasteiger partial charge in [0.25, 0.3) is 5.56 Å². The summed E-state index contributed by atoms with van der Waals surface area (Å²) in [6, 6.07) is 21.3. The van der Waals surface area contributed by atoms with Gasteiger partial charge in [0.2, 0.25) is 5.91 Å². The lowest BCUT2D eigenvalue weighted by Crippen LogP contribution is -2.25. The van der Waals surface area contributed by atoms with Crippen molar-refractivity contribution in [3.8, 4) is 5.75 Å². The molecular weight excluding hydrogens is 452 g/mol. The maximum atomic E-state index is 13.7. The predicted octanol–water partition coefficient (Wildman–Crippen LogP) is 4.92. The molecule has 0 radical (unpaired) electrons. The minimum absolute atomic E-state index is 0.00454. The standard InChI is InChI=1S/C29H28N4O3/c1-4-21-7-5-6-8-24(21)31-26(34)17-33-25-14-9-19(2)15-23(25)27-28(33)29(35)32(18-30-27)16-20-10-12-22(36-3)13-11-20/h5-15,18H,4,16-17H2,1-3H3,(H,31,34). The number of benzene rings is 3. The average Bonchev–Trinajstić information content (AvgIpc) is 3.19. The summed E-state index contributed by atoms with van der Waals surface area (Å²) >= 11 is 0. The van der Waals surface area contributed by atoms with Crippen molar-refractivity contribution in [3.05, 3.63) is 100 Å². The van der Waals surface area contributed by atoms with E-state index in [1.165, 1.54) is 0 Å². The number of amides is 1. The van der Waals surface area contributed by atoms with Crippen molar-refractivity contribution in [1.29, 1.82) is 0 Å². The van der Waals surface area contributed by atoms with Crippen LogP contribution in [0.1, 0.15) is 23.6 Å². The Kier molecular flexibility index (Phi) is 6.29. The maximum Gasteiger partial charge on any atom is 0.278 e. The van der Waals surface area contributed by atoms with Gasteiger partial charge in [0.15, 0.2) is 0 Å². The fourth-order valence-corrected chi connectivity index (χ4v) is 4.60. The van der Waals surface area contributed by atoms with E-state index < -0.39 is 0 Å². The molecule has 0 unspecified atom stereocenters. The first kappa shape index (κ1) is 23.4. The number of para-hydroxylation sites is 1. The first-order chi connectivity index (χ1) is 17.5. The molecule has 1 N–H and O–H groups in total. The number of hydrogen-bond acceptors (Lipinski definition) is 4. The van der Waals surface area contributed by atoms with Crippen LogP contribution >= 0.6 is 0 Å². The number of nitrogens with one attached hydrogen (secondary N) is 1. The molecule has 5 aromatic rings. The van der Waals surface area contributed by atoms with E-state index in [0.29, 0.717) is 17.6 Å². The van der Waals surface area contributed by atoms with Gasteiger partial charge in [0.05, 0.1) is 25.5 Å². The Labute approximate surface area is 209 Å². The number of carbonyl (C=O) groups excluding carboxylic acids is 1. The first-order valence-corrected chi connectivity index (χ1v) is 12.0. The zero-order chi connectivity index (χ0) is 25.2. The van der Waals surface area contributed by atoms with Crippen LogP contribution in [0.3, 0.4) is 0 Å². The fourth-order valence-electron chi connectivity index (χ4n) is 4.60. The maximum absolute atomic E-state index is 13.7. The molecule has 0 aliphatic heterocycles. The molecule has 0 saturated carbocycles. The van der Waals surface area contributed by atoms with Crippen molar-refractivity contribution < 1.29 is 9.53 Å². The van der Waals surface area contributed by atoms with E-state index in [9.17, 15) is 9.59 Å². The largest absolute Gasteiger partial charge is 0.497 e. The number of anilines is 1. The molecule has 2 heterocycles. The Hall–Kier alpha value is -4.39. The van der Waals surface area contributed by atoms with Gasteiger partial charge >= 0.3 is 0 Å². The van der Waals surface area contributed by atoms with Gasteiger partial charge < -0.3 is 14.6 Å². The SMILES string of the molecule is CCc1ccccc1NC(=O)Cn1c2ccc(C)cc2c2ncn(Cc3ccc(OC)cc3)c(=O)c21. The van der Waals surface area contributed by atoms with Crippen molar-refractivity contribution >= 4 is 33.5 Å². The third kappa shape index (κ3) is 4.35. The highest BCUT2D eigenvalue weighted by molar-refractivity contribution is 6.06. The van der Waals surface area contributed by atoms with E-state index in [0.717, 1.165) is 45.5 Å². The molecule has 0 aliphatic rings. The highest BCUT2D eigenvalue weighted by Gasteiger charge is 2.19. The second kappa shape index (κ2) is 9.70. The molecule has 36 heavy (non-hydrogen) atoms. The van der Waals surface area contributed by atoms with Crippen molar-refractivity contribution in [2.45, 2.75) is 33.4 Å². The summed E-state index contributed by atoms with van der Waals surface area (Å²) in [5.41, 5.74) is 5.51. The molecule has 7 heteroatoms. The molecule has 1 amide bonds. The summed E-state index contributed by atoms with van der Waals surface area (Å²) in [5.74, 6) is 0.561. The number of ether oxygens (including phenoxy) is 1. The summed E-state index contributed by atoms with van der Waals surface area (Å²) in [7, 11) is 1.62. The topological polar surface area (TPSA) is 78.2 Å². The predicted molar refractivity (Wildman–Crippen MR) is 143 cm³/mol. The zero-order valence-electron chi connectivity index (χ0n) is 20.6. The number of fused-ring (bicyclic) bond motifs is 3. The Morgan fingerprint density at radius 2 is 1.83 bits per heavy atom. The van der Waals surface area contributed by atoms with Gasteiger partial charge in [0.1, 0.15) is 23.3 Å². The number of nitrogens with zero attached hydrogens (tertiary/aromatic N) is 3. The monoisotopic (exact) mass is 480 g/mol. The molecule has 0 aliphatic carbocycles. The van der Waals surface area contributed by atoms with E-state index in [-0.39, 0.29) is 18.0 Å². The van der Waals surface area contributed by atoms with Gasteiger partial charge in [-0.2, -0.15) is 0 Å². The smallest absolute Gasteiger partial charge is 0.278 e. The average molecular weight is 481 g/mol. The Morgan fingerprint density at radius 3 is 2.58 bits per heavy atom. The van der Waals surface area contributed by atoms with Crippen LogP contribution in [-0.2, 0) is 24.3 Å². The Balaban J connectivity index is 1.57. The van der Waals surface area contributed by atoms with E-state index >= 15 is 0 Å². The molecular formula is C29H28N4O3. The van der Waals surface area contributed by atoms with Crippen molar-refractivity contribution in [3.63, 3.8) is 0 Å². The normalized spacial score (nSPS) is 11.2. The van der Waals surface area contributed by atoms with Crippen molar-refractivity contribution in [1.82, 2.24) is 14.1 Å². The number of aromatic nitrogens is 3. The van der Waals surface area contributed by atoms with Crippen molar-refractivity contribution in [2.24, 2.45) is 0 Å². The Morgan fingerprint density at radius 1 is 1.06 bits per heavy atom. The summed E-state index contributed by atoms with van der Waals surface area (Å²) in [5, 5.41) is 3.89. The number of methoxy groups -OCH3 is 1. The van der Waals surface area contributed by atoms with E-state index in [4.69, 9.17) is 4.74 Å². The van der Waals surface area contributed by atoms with Crippen LogP contribution in [0.2, 0.25) is 0 Å². The fraction of sp³-hybridized carbons (Fsp3) is 0.207. The number of carbonyl (C=O) groups is 1. The highest BCUT2D eigenvalue weighted by atomic mass is 16.5. The molecule has 0 bridgehead atoms. The summed E-state index contributed by atoms with van der Waals surface area (Å²) in [4.78, 5) is 31.6. The second-order valence-corrected chi connectivity index (χ2v) is 8.89. The summed E-state index contributed by atoms with van der Waals surface area (Å²) in [6.07, 6.45) is 2.39. The third-order valence-electron chi connectivity index (χ3n) is 6.47. The van der Waals surface area contributed by atoms with Gasteiger partial charge in [-0.15, -0.1) is 0 Å². The van der Waals surface area contributed by atoms with E-state index in [1.54, 1.807) is 22.6 Å².